The van der Waals surface area contributed by atoms with Crippen LogP contribution in [0.25, 0.3) is 5.57 Å². The minimum atomic E-state index is -1.05. The van der Waals surface area contributed by atoms with E-state index in [1.165, 1.54) is 0 Å². The smallest absolute Gasteiger partial charge is 0.259 e. The Morgan fingerprint density at radius 1 is 1.13 bits per heavy atom. The fourth-order valence-electron chi connectivity index (χ4n) is 2.87. The van der Waals surface area contributed by atoms with Crippen LogP contribution in [0.1, 0.15) is 31.2 Å². The molecule has 0 atom stereocenters. The maximum atomic E-state index is 12.1. The Morgan fingerprint density at radius 2 is 1.78 bits per heavy atom. The zero-order valence-corrected chi connectivity index (χ0v) is 15.1. The Balaban J connectivity index is 2.46. The molecule has 1 aliphatic carbocycles. The molecule has 0 unspecified atom stereocenters. The fourth-order valence-corrected chi connectivity index (χ4v) is 3.17. The summed E-state index contributed by atoms with van der Waals surface area (Å²) in [5.74, 6) is 1.05. The van der Waals surface area contributed by atoms with E-state index < -0.39 is 4.84 Å². The van der Waals surface area contributed by atoms with Gasteiger partial charge in [-0.2, -0.15) is 0 Å². The monoisotopic (exact) mass is 357 g/mol. The first-order valence-corrected chi connectivity index (χ1v) is 8.37. The van der Waals surface area contributed by atoms with E-state index in [1.54, 1.807) is 26.2 Å². The number of nitrogens with zero attached hydrogens (tertiary/aromatic N) is 1. The molecule has 0 saturated carbocycles. The van der Waals surface area contributed by atoms with E-state index in [0.717, 1.165) is 42.5 Å². The van der Waals surface area contributed by atoms with Crippen LogP contribution in [0.2, 0.25) is 0 Å². The van der Waals surface area contributed by atoms with Gasteiger partial charge in [-0.15, -0.1) is 0 Å². The molecule has 2 rings (SSSR count). The van der Waals surface area contributed by atoms with Crippen molar-refractivity contribution < 1.29 is 14.3 Å². The van der Waals surface area contributed by atoms with E-state index in [-0.39, 0.29) is 5.91 Å². The third-order valence-electron chi connectivity index (χ3n) is 4.09. The highest BCUT2D eigenvalue weighted by Gasteiger charge is 2.25. The Labute approximate surface area is 147 Å². The molecule has 6 heteroatoms. The van der Waals surface area contributed by atoms with Crippen molar-refractivity contribution >= 4 is 34.7 Å². The largest absolute Gasteiger partial charge is 0.493 e. The van der Waals surface area contributed by atoms with Gasteiger partial charge in [-0.25, -0.2) is 0 Å². The lowest BCUT2D eigenvalue weighted by Gasteiger charge is -2.28. The third kappa shape index (κ3) is 3.93. The lowest BCUT2D eigenvalue weighted by molar-refractivity contribution is -0.126. The van der Waals surface area contributed by atoms with Gasteiger partial charge in [-0.1, -0.05) is 29.3 Å². The van der Waals surface area contributed by atoms with Gasteiger partial charge in [0.1, 0.15) is 0 Å². The molecule has 0 aliphatic heterocycles. The van der Waals surface area contributed by atoms with Crippen molar-refractivity contribution in [2.24, 2.45) is 0 Å². The molecule has 0 spiro atoms. The highest BCUT2D eigenvalue weighted by molar-refractivity contribution is 6.53. The van der Waals surface area contributed by atoms with E-state index in [0.29, 0.717) is 11.5 Å². The first-order chi connectivity index (χ1) is 11.0. The Morgan fingerprint density at radius 3 is 2.39 bits per heavy atom. The van der Waals surface area contributed by atoms with E-state index in [2.05, 4.69) is 0 Å². The second-order valence-electron chi connectivity index (χ2n) is 5.40. The van der Waals surface area contributed by atoms with Gasteiger partial charge in [0.05, 0.1) is 14.2 Å². The first-order valence-electron chi connectivity index (χ1n) is 7.49. The number of carbonyl (C=O) groups excluding carboxylic acids is 1. The number of methoxy groups -OCH3 is 2. The molecule has 1 aliphatic rings. The standard InChI is InChI=1S/C17H21Cl2NO3/c1-20(17(21)16(18)19)13-7-5-4-6-12(13)11-8-9-14(22-2)15(10-11)23-3/h8-10,16H,4-7H2,1-3H3. The van der Waals surface area contributed by atoms with Gasteiger partial charge in [0.25, 0.3) is 5.91 Å². The number of rotatable bonds is 5. The quantitative estimate of drug-likeness (QED) is 0.739. The van der Waals surface area contributed by atoms with E-state index in [1.807, 2.05) is 18.2 Å². The zero-order valence-electron chi connectivity index (χ0n) is 13.6. The van der Waals surface area contributed by atoms with Gasteiger partial charge in [-0.05, 0) is 49.0 Å². The van der Waals surface area contributed by atoms with Crippen LogP contribution in [0.4, 0.5) is 0 Å². The molecule has 126 valence electrons. The molecule has 0 bridgehead atoms. The molecule has 0 fully saturated rings. The molecule has 0 radical (unpaired) electrons. The highest BCUT2D eigenvalue weighted by atomic mass is 35.5. The van der Waals surface area contributed by atoms with Gasteiger partial charge in [-0.3, -0.25) is 4.79 Å². The summed E-state index contributed by atoms with van der Waals surface area (Å²) in [7, 11) is 4.94. The molecule has 0 saturated heterocycles. The van der Waals surface area contributed by atoms with Crippen LogP contribution in [-0.4, -0.2) is 36.9 Å². The van der Waals surface area contributed by atoms with Crippen molar-refractivity contribution in [1.29, 1.82) is 0 Å². The van der Waals surface area contributed by atoms with Crippen molar-refractivity contribution in [3.63, 3.8) is 0 Å². The van der Waals surface area contributed by atoms with Gasteiger partial charge >= 0.3 is 0 Å². The minimum absolute atomic E-state index is 0.303. The molecule has 1 aromatic rings. The maximum Gasteiger partial charge on any atom is 0.259 e. The molecular weight excluding hydrogens is 337 g/mol. The zero-order chi connectivity index (χ0) is 17.0. The number of ether oxygens (including phenoxy) is 2. The second kappa shape index (κ2) is 7.93. The van der Waals surface area contributed by atoms with Crippen LogP contribution in [0.15, 0.2) is 23.9 Å². The van der Waals surface area contributed by atoms with Crippen molar-refractivity contribution in [3.8, 4) is 11.5 Å². The average Bonchev–Trinajstić information content (AvgIpc) is 2.59. The van der Waals surface area contributed by atoms with E-state index in [9.17, 15) is 4.79 Å². The predicted octanol–water partition coefficient (Wildman–Crippen LogP) is 4.25. The molecule has 0 heterocycles. The second-order valence-corrected chi connectivity index (χ2v) is 6.50. The molecule has 0 N–H and O–H groups in total. The summed E-state index contributed by atoms with van der Waals surface area (Å²) in [5.41, 5.74) is 3.12. The number of allylic oxidation sites excluding steroid dienone is 2. The van der Waals surface area contributed by atoms with Crippen LogP contribution in [0, 0.1) is 0 Å². The highest BCUT2D eigenvalue weighted by Crippen LogP contribution is 2.38. The third-order valence-corrected chi connectivity index (χ3v) is 4.47. The van der Waals surface area contributed by atoms with Crippen LogP contribution in [0.3, 0.4) is 0 Å². The summed E-state index contributed by atoms with van der Waals surface area (Å²) in [6.07, 6.45) is 3.85. The number of halogens is 2. The van der Waals surface area contributed by atoms with Crippen molar-refractivity contribution in [3.05, 3.63) is 29.5 Å². The Kier molecular flexibility index (Phi) is 6.19. The SMILES string of the molecule is COc1ccc(C2=C(N(C)C(=O)C(Cl)Cl)CCCC2)cc1OC. The predicted molar refractivity (Wildman–Crippen MR) is 93.2 cm³/mol. The maximum absolute atomic E-state index is 12.1. The molecular formula is C17H21Cl2NO3. The Hall–Kier alpha value is -1.39. The van der Waals surface area contributed by atoms with Gasteiger partial charge in [0.2, 0.25) is 0 Å². The normalized spacial score (nSPS) is 14.9. The van der Waals surface area contributed by atoms with Crippen LogP contribution in [-0.2, 0) is 4.79 Å². The fraction of sp³-hybridized carbons (Fsp3) is 0.471. The van der Waals surface area contributed by atoms with Gasteiger partial charge < -0.3 is 14.4 Å². The van der Waals surface area contributed by atoms with Crippen LogP contribution >= 0.6 is 23.2 Å². The summed E-state index contributed by atoms with van der Waals surface area (Å²) in [4.78, 5) is 12.7. The minimum Gasteiger partial charge on any atom is -0.493 e. The first kappa shape index (κ1) is 18.0. The van der Waals surface area contributed by atoms with E-state index in [4.69, 9.17) is 32.7 Å². The number of amides is 1. The lowest BCUT2D eigenvalue weighted by atomic mass is 9.90. The molecule has 1 amide bonds. The molecule has 1 aromatic carbocycles. The number of carbonyl (C=O) groups is 1. The average molecular weight is 358 g/mol. The number of alkyl halides is 2. The summed E-state index contributed by atoms with van der Waals surface area (Å²) >= 11 is 11.5. The summed E-state index contributed by atoms with van der Waals surface area (Å²) in [6.45, 7) is 0. The van der Waals surface area contributed by atoms with E-state index >= 15 is 0 Å². The van der Waals surface area contributed by atoms with Crippen molar-refractivity contribution in [1.82, 2.24) is 4.90 Å². The van der Waals surface area contributed by atoms with Gasteiger partial charge in [0.15, 0.2) is 16.3 Å². The number of hydrogen-bond donors (Lipinski definition) is 0. The number of hydrogen-bond acceptors (Lipinski definition) is 3. The van der Waals surface area contributed by atoms with Crippen molar-refractivity contribution in [2.75, 3.05) is 21.3 Å². The van der Waals surface area contributed by atoms with Crippen LogP contribution < -0.4 is 9.47 Å². The topological polar surface area (TPSA) is 38.8 Å². The summed E-state index contributed by atoms with van der Waals surface area (Å²) < 4.78 is 10.7. The Bertz CT molecular complexity index is 614. The number of benzene rings is 1. The molecule has 23 heavy (non-hydrogen) atoms. The van der Waals surface area contributed by atoms with Crippen LogP contribution in [0.5, 0.6) is 11.5 Å². The molecule has 0 aromatic heterocycles. The molecule has 4 nitrogen and oxygen atoms in total. The lowest BCUT2D eigenvalue weighted by Crippen LogP contribution is -2.32. The van der Waals surface area contributed by atoms with Gasteiger partial charge in [0, 0.05) is 12.7 Å². The summed E-state index contributed by atoms with van der Waals surface area (Å²) in [5, 5.41) is 0. The summed E-state index contributed by atoms with van der Waals surface area (Å²) in [6, 6.07) is 5.80. The van der Waals surface area contributed by atoms with Crippen molar-refractivity contribution in [2.45, 2.75) is 30.5 Å².